The lowest BCUT2D eigenvalue weighted by atomic mass is 10.00. The van der Waals surface area contributed by atoms with Crippen LogP contribution >= 0.6 is 34.0 Å². The Labute approximate surface area is 832 Å². The Morgan fingerprint density at radius 3 is 0.734 bits per heavy atom. The van der Waals surface area contributed by atoms with Crippen molar-refractivity contribution in [1.82, 2.24) is 27.4 Å². The molecule has 0 N–H and O–H groups in total. The van der Waals surface area contributed by atoms with Crippen molar-refractivity contribution in [3.8, 4) is 67.5 Å². The first-order valence-corrected chi connectivity index (χ1v) is 51.3. The van der Waals surface area contributed by atoms with Gasteiger partial charge in [-0.1, -0.05) is 322 Å². The van der Waals surface area contributed by atoms with Gasteiger partial charge in [0.15, 0.2) is 0 Å². The molecule has 9 heteroatoms. The van der Waals surface area contributed by atoms with Gasteiger partial charge in [-0.25, -0.2) is 0 Å². The quantitative estimate of drug-likeness (QED) is 0.129. The zero-order valence-electron chi connectivity index (χ0n) is 77.3. The zero-order valence-corrected chi connectivity index (χ0v) is 79.7. The number of hydrogen-bond donors (Lipinski definition) is 0. The van der Waals surface area contributed by atoms with Crippen molar-refractivity contribution in [2.24, 2.45) is 0 Å². The zero-order chi connectivity index (χ0) is 93.6. The fourth-order valence-electron chi connectivity index (χ4n) is 23.5. The van der Waals surface area contributed by atoms with Gasteiger partial charge >= 0.3 is 0 Å². The predicted octanol–water partition coefficient (Wildman–Crippen LogP) is 38.1. The lowest BCUT2D eigenvalue weighted by molar-refractivity contribution is 1.17. The van der Waals surface area contributed by atoms with E-state index in [2.05, 4.69) is 525 Å². The van der Waals surface area contributed by atoms with Gasteiger partial charge in [0.1, 0.15) is 0 Å². The first kappa shape index (κ1) is 81.1. The minimum Gasteiger partial charge on any atom is -0.309 e. The molecule has 0 atom stereocenters. The van der Waals surface area contributed by atoms with Crippen LogP contribution < -0.4 is 0 Å². The highest BCUT2D eigenvalue weighted by molar-refractivity contribution is 7.26. The minimum absolute atomic E-state index is 1.16. The molecule has 0 aliphatic heterocycles. The summed E-state index contributed by atoms with van der Waals surface area (Å²) in [6, 6.07) is 183. The summed E-state index contributed by atoms with van der Waals surface area (Å²) in [4.78, 5) is 0. The van der Waals surface area contributed by atoms with E-state index in [1.807, 2.05) is 34.0 Å². The molecule has 0 fully saturated rings. The van der Waals surface area contributed by atoms with E-state index >= 15 is 0 Å². The number of thiophene rings is 3. The van der Waals surface area contributed by atoms with E-state index < -0.39 is 0 Å². The number of fused-ring (bicyclic) bond motifs is 30. The largest absolute Gasteiger partial charge is 0.309 e. The van der Waals surface area contributed by atoms with Crippen LogP contribution in [0.15, 0.2) is 497 Å². The van der Waals surface area contributed by atoms with E-state index in [0.717, 1.165) is 17.1 Å². The summed E-state index contributed by atoms with van der Waals surface area (Å²) < 4.78 is 22.8. The Bertz CT molecular complexity index is 10900. The third-order valence-corrected chi connectivity index (χ3v) is 33.2. The monoisotopic (exact) mass is 1870 g/mol. The van der Waals surface area contributed by atoms with Crippen molar-refractivity contribution in [3.05, 3.63) is 497 Å². The van der Waals surface area contributed by atoms with Gasteiger partial charge in [0, 0.05) is 159 Å². The molecular formula is C134H82N6S3. The standard InChI is InChI=1S/C48H30N2S.C44H26N2S.C42H26N2S/c1-3-13-31(14-4-1)33-17-11-19-35(25-33)49-43-23-9-7-21-37(43)39-27-40-41-29-48-42(38-22-8-10-24-47(38)51-48)28-44(41)50(46(40)30-45(39)49)36-20-12-18-34(26-36)32-15-5-2-6-16-32;1-2-13-28(14-3-1)45-40-24-37-33-19-9-11-21-43(33)47-44(37)25-36(40)35-23-34-32-18-8-10-20-38(32)46(42(34)26-41(35)45)39-22-27-12-4-5-15-29(27)30-16-6-7-17-31(30)39;1-3-12-27(13-4-1)28-14-11-17-30(22-28)44-38-24-36-32-19-8-10-21-41(32)45-42(36)25-35(38)34-23-33-31-18-7-9-20-37(31)43(39(33)26-40(34)44)29-15-5-2-6-16-29/h1-30H;1-26H;1-26H. The van der Waals surface area contributed by atoms with Crippen LogP contribution in [-0.2, 0) is 0 Å². The highest BCUT2D eigenvalue weighted by Crippen LogP contribution is 2.51. The summed E-state index contributed by atoms with van der Waals surface area (Å²) in [7, 11) is 0. The highest BCUT2D eigenvalue weighted by atomic mass is 32.1. The molecule has 9 aromatic heterocycles. The minimum atomic E-state index is 1.16. The molecule has 0 spiro atoms. The summed E-state index contributed by atoms with van der Waals surface area (Å²) in [5, 5.41) is 28.2. The summed E-state index contributed by atoms with van der Waals surface area (Å²) in [5.41, 5.74) is 28.9. The topological polar surface area (TPSA) is 29.6 Å². The van der Waals surface area contributed by atoms with E-state index in [1.54, 1.807) is 0 Å². The van der Waals surface area contributed by atoms with Crippen molar-refractivity contribution in [3.63, 3.8) is 0 Å². The number of para-hydroxylation sites is 5. The summed E-state index contributed by atoms with van der Waals surface area (Å²) in [6.45, 7) is 0. The first-order valence-electron chi connectivity index (χ1n) is 48.9. The van der Waals surface area contributed by atoms with Crippen LogP contribution in [0.25, 0.3) is 280 Å². The molecule has 9 heterocycles. The Morgan fingerprint density at radius 1 is 0.112 bits per heavy atom. The predicted molar refractivity (Wildman–Crippen MR) is 615 cm³/mol. The SMILES string of the molecule is c1ccc(-c2cccc(-n3c4cc5c(cc4c4cc6c7ccccc7n(-c7ccccc7)c6cc43)sc3ccccc35)c2)cc1.c1ccc(-c2cccc(-n3c4ccccc4c4cc5c6cc7sc8ccccc8c7cc6n(-c6cccc(-c7ccccc7)c6)c5cc43)c2)cc1.c1ccc(-n2c3cc4c(cc3c3cc5c6ccccc6n(-c6cc7ccccc7c7ccccc67)c5cc32)sc2ccccc24)cc1. The second-order valence-electron chi connectivity index (χ2n) is 37.7. The van der Waals surface area contributed by atoms with Gasteiger partial charge in [0.2, 0.25) is 0 Å². The molecule has 0 amide bonds. The molecule has 0 aliphatic rings. The second kappa shape index (κ2) is 32.3. The van der Waals surface area contributed by atoms with Gasteiger partial charge in [-0.15, -0.1) is 34.0 Å². The molecule has 32 rings (SSSR count). The molecule has 666 valence electrons. The number of benzene rings is 23. The Hall–Kier alpha value is -18.0. The molecule has 0 bridgehead atoms. The van der Waals surface area contributed by atoms with Crippen LogP contribution in [0.5, 0.6) is 0 Å². The van der Waals surface area contributed by atoms with E-state index in [-0.39, 0.29) is 0 Å². The molecule has 0 saturated heterocycles. The van der Waals surface area contributed by atoms with Crippen molar-refractivity contribution in [1.29, 1.82) is 0 Å². The van der Waals surface area contributed by atoms with E-state index in [1.165, 1.54) is 263 Å². The van der Waals surface area contributed by atoms with Crippen molar-refractivity contribution in [2.45, 2.75) is 0 Å². The number of hydrogen-bond acceptors (Lipinski definition) is 3. The van der Waals surface area contributed by atoms with E-state index in [0.29, 0.717) is 0 Å². The summed E-state index contributed by atoms with van der Waals surface area (Å²) >= 11 is 5.65. The fourth-order valence-corrected chi connectivity index (χ4v) is 26.9. The Balaban J connectivity index is 0.000000100. The maximum atomic E-state index is 2.50. The van der Waals surface area contributed by atoms with Crippen LogP contribution in [0.2, 0.25) is 0 Å². The van der Waals surface area contributed by atoms with Gasteiger partial charge in [-0.05, 0) is 225 Å². The normalized spacial score (nSPS) is 12.1. The first-order chi connectivity index (χ1) is 70.9. The molecule has 143 heavy (non-hydrogen) atoms. The van der Waals surface area contributed by atoms with Gasteiger partial charge in [-0.3, -0.25) is 0 Å². The molecular weight excluding hydrogens is 1790 g/mol. The molecule has 0 saturated carbocycles. The van der Waals surface area contributed by atoms with E-state index in [9.17, 15) is 0 Å². The Kier molecular flexibility index (Phi) is 18.3. The number of rotatable bonds is 9. The average molecular weight is 1870 g/mol. The smallest absolute Gasteiger partial charge is 0.0562 e. The van der Waals surface area contributed by atoms with Gasteiger partial charge < -0.3 is 27.4 Å². The van der Waals surface area contributed by atoms with Crippen LogP contribution in [0.3, 0.4) is 0 Å². The van der Waals surface area contributed by atoms with Gasteiger partial charge in [0.05, 0.1) is 71.9 Å². The molecule has 23 aromatic carbocycles. The second-order valence-corrected chi connectivity index (χ2v) is 40.9. The average Bonchev–Trinajstić information content (AvgIpc) is 1.53. The maximum absolute atomic E-state index is 2.50. The van der Waals surface area contributed by atoms with Gasteiger partial charge in [0.25, 0.3) is 0 Å². The van der Waals surface area contributed by atoms with Crippen LogP contribution in [0, 0.1) is 0 Å². The lowest BCUT2D eigenvalue weighted by Gasteiger charge is -2.14. The van der Waals surface area contributed by atoms with Crippen molar-refractivity contribution >= 4 is 247 Å². The summed E-state index contributed by atoms with van der Waals surface area (Å²) in [5.74, 6) is 0. The lowest BCUT2D eigenvalue weighted by Crippen LogP contribution is -1.97. The van der Waals surface area contributed by atoms with Crippen LogP contribution in [0.4, 0.5) is 0 Å². The highest BCUT2D eigenvalue weighted by Gasteiger charge is 2.27. The molecule has 0 unspecified atom stereocenters. The number of aromatic nitrogens is 6. The van der Waals surface area contributed by atoms with Crippen LogP contribution in [0.1, 0.15) is 0 Å². The number of nitrogens with zero attached hydrogens (tertiary/aromatic N) is 6. The van der Waals surface area contributed by atoms with Crippen LogP contribution in [-0.4, -0.2) is 27.4 Å². The molecule has 0 radical (unpaired) electrons. The third kappa shape index (κ3) is 12.8. The summed E-state index contributed by atoms with van der Waals surface area (Å²) in [6.07, 6.45) is 0. The fraction of sp³-hybridized carbons (Fsp3) is 0. The molecule has 32 aromatic rings. The van der Waals surface area contributed by atoms with E-state index in [4.69, 9.17) is 0 Å². The maximum Gasteiger partial charge on any atom is 0.0562 e. The molecule has 0 aliphatic carbocycles. The van der Waals surface area contributed by atoms with Crippen molar-refractivity contribution in [2.75, 3.05) is 0 Å². The third-order valence-electron chi connectivity index (χ3n) is 29.8. The van der Waals surface area contributed by atoms with Crippen molar-refractivity contribution < 1.29 is 0 Å². The van der Waals surface area contributed by atoms with Gasteiger partial charge in [-0.2, -0.15) is 0 Å². The Morgan fingerprint density at radius 2 is 0.357 bits per heavy atom. The molecule has 6 nitrogen and oxygen atoms in total.